The second kappa shape index (κ2) is 7.69. The number of carbonyl (C=O) groups is 2. The average molecular weight is 349 g/mol. The number of nitrogens with one attached hydrogen (secondary N) is 1. The number of amides is 2. The second-order valence-electron chi connectivity index (χ2n) is 5.50. The van der Waals surface area contributed by atoms with Crippen LogP contribution in [0.5, 0.6) is 0 Å². The third kappa shape index (κ3) is 4.28. The van der Waals surface area contributed by atoms with Crippen molar-refractivity contribution in [2.45, 2.75) is 6.54 Å². The van der Waals surface area contributed by atoms with Crippen molar-refractivity contribution in [3.05, 3.63) is 63.8 Å². The van der Waals surface area contributed by atoms with Crippen LogP contribution in [0, 0.1) is 5.82 Å². The smallest absolute Gasteiger partial charge is 0.286 e. The second-order valence-corrected chi connectivity index (χ2v) is 5.50. The predicted octanol–water partition coefficient (Wildman–Crippen LogP) is 1.91. The molecule has 2 aromatic rings. The zero-order valence-electron chi connectivity index (χ0n) is 13.8. The maximum atomic E-state index is 13.6. The molecule has 0 unspecified atom stereocenters. The van der Waals surface area contributed by atoms with Crippen molar-refractivity contribution >= 4 is 17.5 Å². The summed E-state index contributed by atoms with van der Waals surface area (Å²) < 4.78 is 26.8. The van der Waals surface area contributed by atoms with Crippen molar-refractivity contribution in [2.75, 3.05) is 26.1 Å². The van der Waals surface area contributed by atoms with Gasteiger partial charge in [0.25, 0.3) is 17.4 Å². The van der Waals surface area contributed by atoms with Gasteiger partial charge in [-0.3, -0.25) is 14.4 Å². The van der Waals surface area contributed by atoms with Gasteiger partial charge in [-0.1, -0.05) is 0 Å². The minimum absolute atomic E-state index is 0.0315. The van der Waals surface area contributed by atoms with E-state index >= 15 is 0 Å². The summed E-state index contributed by atoms with van der Waals surface area (Å²) in [6.45, 7) is -1.14. The lowest BCUT2D eigenvalue weighted by atomic mass is 10.1. The van der Waals surface area contributed by atoms with E-state index in [-0.39, 0.29) is 23.7 Å². The molecule has 0 saturated carbocycles. The molecule has 0 radical (unpaired) electrons. The van der Waals surface area contributed by atoms with Crippen LogP contribution >= 0.6 is 0 Å². The Morgan fingerprint density at radius 2 is 1.76 bits per heavy atom. The highest BCUT2D eigenvalue weighted by Crippen LogP contribution is 2.11. The predicted molar refractivity (Wildman–Crippen MR) is 89.0 cm³/mol. The molecule has 0 aliphatic carbocycles. The molecule has 1 heterocycles. The van der Waals surface area contributed by atoms with Crippen LogP contribution in [0.1, 0.15) is 20.7 Å². The number of anilines is 1. The van der Waals surface area contributed by atoms with Crippen LogP contribution < -0.4 is 10.9 Å². The first-order chi connectivity index (χ1) is 11.8. The Labute approximate surface area is 142 Å². The molecule has 0 aliphatic rings. The molecule has 0 bridgehead atoms. The third-order valence-corrected chi connectivity index (χ3v) is 3.43. The van der Waals surface area contributed by atoms with Gasteiger partial charge in [0.05, 0.1) is 12.2 Å². The minimum Gasteiger partial charge on any atom is -0.345 e. The third-order valence-electron chi connectivity index (χ3n) is 3.43. The normalized spacial score (nSPS) is 10.4. The molecule has 0 saturated heterocycles. The van der Waals surface area contributed by atoms with Gasteiger partial charge in [-0.05, 0) is 24.3 Å². The van der Waals surface area contributed by atoms with Gasteiger partial charge in [0.2, 0.25) is 0 Å². The van der Waals surface area contributed by atoms with Crippen molar-refractivity contribution in [1.82, 2.24) is 9.47 Å². The van der Waals surface area contributed by atoms with Crippen LogP contribution in [0.2, 0.25) is 0 Å². The number of benzene rings is 1. The molecule has 0 atom stereocenters. The number of pyridine rings is 1. The van der Waals surface area contributed by atoms with Crippen LogP contribution in [0.4, 0.5) is 14.5 Å². The topological polar surface area (TPSA) is 71.4 Å². The van der Waals surface area contributed by atoms with Gasteiger partial charge < -0.3 is 14.8 Å². The highest BCUT2D eigenvalue weighted by molar-refractivity contribution is 6.05. The van der Waals surface area contributed by atoms with Gasteiger partial charge in [0.1, 0.15) is 6.67 Å². The molecular weight excluding hydrogens is 332 g/mol. The van der Waals surface area contributed by atoms with E-state index in [2.05, 4.69) is 5.32 Å². The number of carbonyl (C=O) groups excluding carboxylic acids is 2. The fourth-order valence-electron chi connectivity index (χ4n) is 2.15. The number of aryl methyl sites for hydroxylation is 1. The molecular formula is C17H17F2N3O3. The Morgan fingerprint density at radius 1 is 1.16 bits per heavy atom. The van der Waals surface area contributed by atoms with E-state index in [1.54, 1.807) is 14.1 Å². The maximum absolute atomic E-state index is 13.6. The Hall–Kier alpha value is -3.03. The number of aromatic nitrogens is 1. The Balaban J connectivity index is 2.20. The molecule has 0 fully saturated rings. The van der Waals surface area contributed by atoms with Crippen LogP contribution in [0.25, 0.3) is 0 Å². The lowest BCUT2D eigenvalue weighted by Gasteiger charge is -2.11. The van der Waals surface area contributed by atoms with E-state index in [0.717, 1.165) is 10.6 Å². The van der Waals surface area contributed by atoms with E-state index in [0.29, 0.717) is 5.56 Å². The van der Waals surface area contributed by atoms with E-state index in [9.17, 15) is 23.2 Å². The first kappa shape index (κ1) is 18.3. The van der Waals surface area contributed by atoms with Gasteiger partial charge in [-0.2, -0.15) is 0 Å². The number of halogens is 2. The lowest BCUT2D eigenvalue weighted by molar-refractivity contribution is 0.0827. The van der Waals surface area contributed by atoms with E-state index < -0.39 is 24.0 Å². The molecule has 1 N–H and O–H groups in total. The van der Waals surface area contributed by atoms with Crippen LogP contribution in [-0.4, -0.2) is 42.1 Å². The molecule has 1 aromatic carbocycles. The van der Waals surface area contributed by atoms with Crippen molar-refractivity contribution in [2.24, 2.45) is 0 Å². The number of hydrogen-bond acceptors (Lipinski definition) is 3. The highest BCUT2D eigenvalue weighted by atomic mass is 19.1. The zero-order chi connectivity index (χ0) is 18.6. The number of nitrogens with zero attached hydrogens (tertiary/aromatic N) is 2. The first-order valence-corrected chi connectivity index (χ1v) is 7.42. The van der Waals surface area contributed by atoms with E-state index in [4.69, 9.17) is 0 Å². The van der Waals surface area contributed by atoms with Crippen molar-refractivity contribution in [1.29, 1.82) is 0 Å². The van der Waals surface area contributed by atoms with Crippen molar-refractivity contribution in [3.63, 3.8) is 0 Å². The lowest BCUT2D eigenvalue weighted by Crippen LogP contribution is -2.25. The Bertz CT molecular complexity index is 845. The van der Waals surface area contributed by atoms with Crippen LogP contribution in [-0.2, 0) is 6.54 Å². The van der Waals surface area contributed by atoms with E-state index in [1.807, 2.05) is 0 Å². The average Bonchev–Trinajstić information content (AvgIpc) is 2.58. The standard InChI is InChI=1S/C17H17F2N3O3/c1-21(2)16(24)12-5-3-11(4-6-12)15(23)20-13-9-14(19)17(25)22(10-13)8-7-18/h3-6,9-10H,7-8H2,1-2H3,(H,20,23). The highest BCUT2D eigenvalue weighted by Gasteiger charge is 2.12. The Kier molecular flexibility index (Phi) is 5.63. The molecule has 6 nitrogen and oxygen atoms in total. The first-order valence-electron chi connectivity index (χ1n) is 7.42. The van der Waals surface area contributed by atoms with Gasteiger partial charge in [0, 0.05) is 37.5 Å². The molecule has 2 rings (SSSR count). The molecule has 0 aliphatic heterocycles. The van der Waals surface area contributed by atoms with E-state index in [1.165, 1.54) is 35.4 Å². The summed E-state index contributed by atoms with van der Waals surface area (Å²) in [6.07, 6.45) is 1.17. The summed E-state index contributed by atoms with van der Waals surface area (Å²) >= 11 is 0. The summed E-state index contributed by atoms with van der Waals surface area (Å²) in [5.41, 5.74) is -0.255. The van der Waals surface area contributed by atoms with Gasteiger partial charge in [0.15, 0.2) is 5.82 Å². The molecule has 132 valence electrons. The van der Waals surface area contributed by atoms with Crippen LogP contribution in [0.3, 0.4) is 0 Å². The number of rotatable bonds is 5. The fraction of sp³-hybridized carbons (Fsp3) is 0.235. The molecule has 1 aromatic heterocycles. The Morgan fingerprint density at radius 3 is 2.32 bits per heavy atom. The maximum Gasteiger partial charge on any atom is 0.286 e. The fourth-order valence-corrected chi connectivity index (χ4v) is 2.15. The SMILES string of the molecule is CN(C)C(=O)c1ccc(C(=O)Nc2cc(F)c(=O)n(CCF)c2)cc1. The summed E-state index contributed by atoms with van der Waals surface area (Å²) in [4.78, 5) is 36.9. The molecule has 2 amide bonds. The van der Waals surface area contributed by atoms with Gasteiger partial charge in [-0.15, -0.1) is 0 Å². The summed E-state index contributed by atoms with van der Waals surface area (Å²) in [5, 5.41) is 2.44. The largest absolute Gasteiger partial charge is 0.345 e. The molecule has 0 spiro atoms. The minimum atomic E-state index is -1.09. The molecule has 8 heteroatoms. The van der Waals surface area contributed by atoms with Crippen molar-refractivity contribution in [3.8, 4) is 0 Å². The molecule has 25 heavy (non-hydrogen) atoms. The zero-order valence-corrected chi connectivity index (χ0v) is 13.8. The quantitative estimate of drug-likeness (QED) is 0.896. The van der Waals surface area contributed by atoms with Crippen molar-refractivity contribution < 1.29 is 18.4 Å². The van der Waals surface area contributed by atoms with Crippen LogP contribution in [0.15, 0.2) is 41.3 Å². The summed E-state index contributed by atoms with van der Waals surface area (Å²) in [7, 11) is 3.23. The summed E-state index contributed by atoms with van der Waals surface area (Å²) in [6, 6.07) is 6.79. The summed E-state index contributed by atoms with van der Waals surface area (Å²) in [5.74, 6) is -1.83. The van der Waals surface area contributed by atoms with Gasteiger partial charge in [-0.25, -0.2) is 8.78 Å². The number of alkyl halides is 1. The monoisotopic (exact) mass is 349 g/mol. The van der Waals surface area contributed by atoms with Gasteiger partial charge >= 0.3 is 0 Å². The number of hydrogen-bond donors (Lipinski definition) is 1.